The van der Waals surface area contributed by atoms with Gasteiger partial charge in [-0.2, -0.15) is 47.0 Å². The first-order chi connectivity index (χ1) is 20.3. The summed E-state index contributed by atoms with van der Waals surface area (Å²) in [5.41, 5.74) is 5.40. The molecule has 0 spiro atoms. The van der Waals surface area contributed by atoms with E-state index < -0.39 is 0 Å². The third kappa shape index (κ3) is 4.03. The molecule has 5 aromatic carbocycles. The molecule has 42 heavy (non-hydrogen) atoms. The molecule has 0 saturated carbocycles. The Balaban J connectivity index is 0.000000147. The van der Waals surface area contributed by atoms with Crippen LogP contribution in [0, 0.1) is 12.7 Å². The molecular formula is C36H25IrN5+. The van der Waals surface area contributed by atoms with Crippen molar-refractivity contribution >= 4 is 66.1 Å². The van der Waals surface area contributed by atoms with E-state index in [2.05, 4.69) is 129 Å². The zero-order chi connectivity index (χ0) is 27.3. The van der Waals surface area contributed by atoms with E-state index >= 15 is 0 Å². The summed E-state index contributed by atoms with van der Waals surface area (Å²) in [4.78, 5) is 13.6. The zero-order valence-electron chi connectivity index (χ0n) is 22.8. The number of rotatable bonds is 1. The Hall–Kier alpha value is -4.77. The van der Waals surface area contributed by atoms with E-state index in [9.17, 15) is 0 Å². The predicted octanol–water partition coefficient (Wildman–Crippen LogP) is 7.74. The maximum absolute atomic E-state index is 4.68. The summed E-state index contributed by atoms with van der Waals surface area (Å²) < 4.78 is 2.10. The average molecular weight is 720 g/mol. The summed E-state index contributed by atoms with van der Waals surface area (Å²) in [5, 5.41) is 8.60. The molecule has 0 aliphatic carbocycles. The van der Waals surface area contributed by atoms with Crippen molar-refractivity contribution in [2.24, 2.45) is 0 Å². The second-order valence-corrected chi connectivity index (χ2v) is 10.2. The molecule has 3 aromatic heterocycles. The van der Waals surface area contributed by atoms with Crippen molar-refractivity contribution in [3.8, 4) is 0 Å². The van der Waals surface area contributed by atoms with Gasteiger partial charge in [-0.15, -0.1) is 5.69 Å². The number of imidazole rings is 1. The quantitative estimate of drug-likeness (QED) is 0.0989. The molecule has 0 N–H and O–H groups in total. The van der Waals surface area contributed by atoms with Gasteiger partial charge in [-0.25, -0.2) is 0 Å². The molecular weight excluding hydrogens is 695 g/mol. The van der Waals surface area contributed by atoms with Crippen LogP contribution in [0.5, 0.6) is 0 Å². The minimum absolute atomic E-state index is 0. The maximum atomic E-state index is 4.68. The molecule has 0 atom stereocenters. The molecule has 0 saturated heterocycles. The van der Waals surface area contributed by atoms with Gasteiger partial charge in [0.05, 0.1) is 12.4 Å². The van der Waals surface area contributed by atoms with E-state index in [0.717, 1.165) is 22.4 Å². The van der Waals surface area contributed by atoms with Crippen molar-refractivity contribution in [1.29, 1.82) is 0 Å². The van der Waals surface area contributed by atoms with Gasteiger partial charge in [0.25, 0.3) is 0 Å². The number of hydrogen-bond acceptors (Lipinski definition) is 4. The van der Waals surface area contributed by atoms with Crippen molar-refractivity contribution in [2.45, 2.75) is 0 Å². The van der Waals surface area contributed by atoms with E-state index in [4.69, 9.17) is 0 Å². The minimum atomic E-state index is 0. The fourth-order valence-corrected chi connectivity index (χ4v) is 6.09. The SMILES string of the molecule is CN1[CH-]N(c2[c-]cccc2)c2ccccc21.[Ir+3].c1ccc2c(c1)c1ccccc1c1c2c2cccnc2[n+]2[cH-]cnc12. The van der Waals surface area contributed by atoms with Crippen LogP contribution in [-0.4, -0.2) is 17.0 Å². The van der Waals surface area contributed by atoms with E-state index in [-0.39, 0.29) is 20.1 Å². The first kappa shape index (κ1) is 26.1. The molecule has 6 heteroatoms. The van der Waals surface area contributed by atoms with Crippen molar-refractivity contribution in [3.63, 3.8) is 0 Å². The predicted molar refractivity (Wildman–Crippen MR) is 167 cm³/mol. The summed E-state index contributed by atoms with van der Waals surface area (Å²) in [6.45, 7) is 2.08. The standard InChI is InChI=1S/C22H13N3.C14H12N2.Ir/c1-3-8-16-14(6-1)15-7-2-4-9-17(15)20-19(16)18-10-5-11-23-21(18)25-13-12-24-22(20)25;1-15-11-16(12-7-3-2-4-8-12)14-10-6-5-9-13(14)15;/h1-13H;2-7,9-11H,1H3;/q;-2;+3. The fraction of sp³-hybridized carbons (Fsp3) is 0.0278. The third-order valence-corrected chi connectivity index (χ3v) is 7.84. The molecule has 9 rings (SSSR count). The van der Waals surface area contributed by atoms with Crippen LogP contribution in [0.2, 0.25) is 0 Å². The average Bonchev–Trinajstić information content (AvgIpc) is 3.67. The van der Waals surface area contributed by atoms with Gasteiger partial charge in [0, 0.05) is 22.1 Å². The van der Waals surface area contributed by atoms with Crippen LogP contribution in [0.1, 0.15) is 0 Å². The van der Waals surface area contributed by atoms with E-state index in [0.29, 0.717) is 0 Å². The van der Waals surface area contributed by atoms with Gasteiger partial charge in [-0.05, 0) is 58.4 Å². The summed E-state index contributed by atoms with van der Waals surface area (Å²) in [6.07, 6.45) is 5.69. The minimum Gasteiger partial charge on any atom is -0.504 e. The van der Waals surface area contributed by atoms with Gasteiger partial charge < -0.3 is 14.2 Å². The summed E-state index contributed by atoms with van der Waals surface area (Å²) in [6, 6.07) is 41.0. The summed E-state index contributed by atoms with van der Waals surface area (Å²) in [5.74, 6) is 0. The van der Waals surface area contributed by atoms with Gasteiger partial charge in [0.15, 0.2) is 11.3 Å². The Labute approximate surface area is 257 Å². The van der Waals surface area contributed by atoms with Crippen molar-refractivity contribution in [2.75, 3.05) is 16.8 Å². The van der Waals surface area contributed by atoms with Crippen LogP contribution in [0.3, 0.4) is 0 Å². The van der Waals surface area contributed by atoms with Gasteiger partial charge in [-0.1, -0.05) is 66.7 Å². The summed E-state index contributed by atoms with van der Waals surface area (Å²) >= 11 is 0. The normalized spacial score (nSPS) is 12.5. The van der Waals surface area contributed by atoms with Crippen LogP contribution < -0.4 is 14.2 Å². The molecule has 1 aliphatic heterocycles. The van der Waals surface area contributed by atoms with Crippen molar-refractivity contribution in [1.82, 2.24) is 9.97 Å². The number of pyridine rings is 2. The molecule has 5 nitrogen and oxygen atoms in total. The van der Waals surface area contributed by atoms with Crippen LogP contribution in [0.4, 0.5) is 17.1 Å². The second-order valence-electron chi connectivity index (χ2n) is 10.2. The number of hydrogen-bond donors (Lipinski definition) is 0. The van der Waals surface area contributed by atoms with Gasteiger partial charge in [0.2, 0.25) is 0 Å². The van der Waals surface area contributed by atoms with Gasteiger partial charge in [-0.3, -0.25) is 0 Å². The number of anilines is 3. The topological polar surface area (TPSA) is 36.4 Å². The van der Waals surface area contributed by atoms with E-state index in [1.54, 1.807) is 0 Å². The smallest absolute Gasteiger partial charge is 0.504 e. The Kier molecular flexibility index (Phi) is 6.58. The Morgan fingerprint density at radius 2 is 1.29 bits per heavy atom. The number of fused-ring (bicyclic) bond motifs is 12. The first-order valence-electron chi connectivity index (χ1n) is 13.7. The second kappa shape index (κ2) is 10.6. The number of aromatic nitrogens is 3. The molecule has 0 bridgehead atoms. The van der Waals surface area contributed by atoms with Gasteiger partial charge >= 0.3 is 20.1 Å². The van der Waals surface area contributed by atoms with E-state index in [1.807, 2.05) is 42.9 Å². The largest absolute Gasteiger partial charge is 3.00 e. The first-order valence-corrected chi connectivity index (χ1v) is 13.7. The number of nitrogens with zero attached hydrogens (tertiary/aromatic N) is 5. The Bertz CT molecular complexity index is 2220. The van der Waals surface area contributed by atoms with Crippen LogP contribution >= 0.6 is 0 Å². The molecule has 1 aliphatic rings. The monoisotopic (exact) mass is 720 g/mol. The molecule has 202 valence electrons. The molecule has 0 amide bonds. The van der Waals surface area contributed by atoms with Crippen molar-refractivity contribution in [3.05, 3.63) is 141 Å². The van der Waals surface area contributed by atoms with Crippen LogP contribution in [-0.2, 0) is 20.1 Å². The molecule has 4 heterocycles. The van der Waals surface area contributed by atoms with Crippen LogP contribution in [0.25, 0.3) is 49.0 Å². The molecule has 0 radical (unpaired) electrons. The van der Waals surface area contributed by atoms with Gasteiger partial charge in [0.1, 0.15) is 0 Å². The molecule has 0 fully saturated rings. The Morgan fingerprint density at radius 1 is 0.643 bits per heavy atom. The van der Waals surface area contributed by atoms with E-state index in [1.165, 1.54) is 43.7 Å². The molecule has 0 unspecified atom stereocenters. The fourth-order valence-electron chi connectivity index (χ4n) is 6.09. The third-order valence-electron chi connectivity index (χ3n) is 7.84. The maximum Gasteiger partial charge on any atom is 3.00 e. The van der Waals surface area contributed by atoms with Crippen molar-refractivity contribution < 1.29 is 24.5 Å². The number of para-hydroxylation sites is 3. The molecule has 8 aromatic rings. The summed E-state index contributed by atoms with van der Waals surface area (Å²) in [7, 11) is 2.06. The Morgan fingerprint density at radius 3 is 2.02 bits per heavy atom. The zero-order valence-corrected chi connectivity index (χ0v) is 25.2. The number of benzene rings is 5. The van der Waals surface area contributed by atoms with Crippen LogP contribution in [0.15, 0.2) is 128 Å².